The summed E-state index contributed by atoms with van der Waals surface area (Å²) >= 11 is 0. The third-order valence-electron chi connectivity index (χ3n) is 10.4. The van der Waals surface area contributed by atoms with E-state index in [0.29, 0.717) is 25.7 Å². The fraction of sp³-hybridized carbons (Fsp3) is 0.958. The number of hydrogen-bond acceptors (Lipinski definition) is 6. The zero-order valence-corrected chi connectivity index (χ0v) is 18.5. The number of carbonyl (C=O) groups is 1. The number of aliphatic carboxylic acids is 1. The molecule has 0 saturated heterocycles. The Balaban J connectivity index is 1.62. The van der Waals surface area contributed by atoms with Crippen molar-refractivity contribution in [2.45, 2.75) is 96.6 Å². The minimum absolute atomic E-state index is 0.0448. The summed E-state index contributed by atoms with van der Waals surface area (Å²) in [5.41, 5.74) is -0.521. The van der Waals surface area contributed by atoms with Crippen LogP contribution in [-0.2, 0) is 4.79 Å². The van der Waals surface area contributed by atoms with Crippen LogP contribution in [0.25, 0.3) is 0 Å². The number of fused-ring (bicyclic) bond motifs is 5. The van der Waals surface area contributed by atoms with Gasteiger partial charge >= 0.3 is 0 Å². The van der Waals surface area contributed by atoms with Crippen LogP contribution in [0.4, 0.5) is 0 Å². The van der Waals surface area contributed by atoms with Crippen molar-refractivity contribution in [2.75, 3.05) is 0 Å². The van der Waals surface area contributed by atoms with Crippen LogP contribution in [0.3, 0.4) is 0 Å². The van der Waals surface area contributed by atoms with Gasteiger partial charge in [-0.25, -0.2) is 0 Å². The molecule has 172 valence electrons. The summed E-state index contributed by atoms with van der Waals surface area (Å²) in [5.74, 6) is -0.356. The second kappa shape index (κ2) is 7.72. The van der Waals surface area contributed by atoms with E-state index in [4.69, 9.17) is 0 Å². The van der Waals surface area contributed by atoms with Crippen LogP contribution in [0, 0.1) is 46.3 Å². The smallest absolute Gasteiger partial charge is 0.0833 e. The molecule has 0 radical (unpaired) electrons. The van der Waals surface area contributed by atoms with Crippen LogP contribution in [0.2, 0.25) is 0 Å². The topological polar surface area (TPSA) is 121 Å². The predicted molar refractivity (Wildman–Crippen MR) is 109 cm³/mol. The predicted octanol–water partition coefficient (Wildman–Crippen LogP) is 1.08. The molecule has 4 saturated carbocycles. The highest BCUT2D eigenvalue weighted by molar-refractivity contribution is 5.64. The Kier molecular flexibility index (Phi) is 5.79. The third kappa shape index (κ3) is 3.16. The monoisotopic (exact) mass is 423 g/mol. The van der Waals surface area contributed by atoms with Gasteiger partial charge in [0.1, 0.15) is 0 Å². The van der Waals surface area contributed by atoms with Crippen LogP contribution in [0.1, 0.15) is 72.1 Å². The van der Waals surface area contributed by atoms with Crippen molar-refractivity contribution in [1.29, 1.82) is 0 Å². The average molecular weight is 424 g/mol. The molecule has 0 amide bonds. The van der Waals surface area contributed by atoms with E-state index in [1.807, 2.05) is 0 Å². The number of aliphatic hydroxyl groups is 4. The van der Waals surface area contributed by atoms with Crippen LogP contribution in [-0.4, -0.2) is 50.8 Å². The summed E-state index contributed by atoms with van der Waals surface area (Å²) < 4.78 is 0. The van der Waals surface area contributed by atoms with Crippen molar-refractivity contribution < 1.29 is 30.3 Å². The summed E-state index contributed by atoms with van der Waals surface area (Å²) in [4.78, 5) is 11.0. The number of rotatable bonds is 4. The van der Waals surface area contributed by atoms with E-state index in [2.05, 4.69) is 20.8 Å². The van der Waals surface area contributed by atoms with Gasteiger partial charge < -0.3 is 30.3 Å². The molecule has 0 spiro atoms. The molecule has 0 bridgehead atoms. The van der Waals surface area contributed by atoms with Gasteiger partial charge in [-0.1, -0.05) is 20.8 Å². The Hall–Kier alpha value is -0.690. The van der Waals surface area contributed by atoms with E-state index in [0.717, 1.165) is 19.3 Å². The van der Waals surface area contributed by atoms with Crippen molar-refractivity contribution >= 4 is 5.97 Å². The summed E-state index contributed by atoms with van der Waals surface area (Å²) in [6.07, 6.45) is 2.39. The average Bonchev–Trinajstić information content (AvgIpc) is 3.04. The number of carbonyl (C=O) groups excluding carboxylic acids is 1. The Labute approximate surface area is 179 Å². The lowest BCUT2D eigenvalue weighted by molar-refractivity contribution is -0.306. The van der Waals surface area contributed by atoms with Gasteiger partial charge in [-0.2, -0.15) is 0 Å². The molecule has 4 aliphatic rings. The van der Waals surface area contributed by atoms with Gasteiger partial charge in [0.25, 0.3) is 0 Å². The minimum Gasteiger partial charge on any atom is -0.550 e. The standard InChI is InChI=1S/C24H40O6/c1-12(4-7-20(28)29)13-5-6-14-21-15(11-19(27)24(13,14)3)23(2)9-8-17(25)22(30)16(23)10-18(21)26/h12-19,21-22,25-27,30H,4-11H2,1-3H3,(H,28,29)/p-1/t12-,13-,14+,15+,16-,17-,18-,19+,21+,22-,23-,24-/m1/s1. The van der Waals surface area contributed by atoms with Gasteiger partial charge in [-0.05, 0) is 97.7 Å². The van der Waals surface area contributed by atoms with E-state index < -0.39 is 30.4 Å². The van der Waals surface area contributed by atoms with E-state index in [1.165, 1.54) is 0 Å². The van der Waals surface area contributed by atoms with Crippen molar-refractivity contribution in [3.63, 3.8) is 0 Å². The van der Waals surface area contributed by atoms with Crippen molar-refractivity contribution in [2.24, 2.45) is 46.3 Å². The molecule has 0 aromatic carbocycles. The van der Waals surface area contributed by atoms with Crippen molar-refractivity contribution in [1.82, 2.24) is 0 Å². The molecule has 4 rings (SSSR count). The van der Waals surface area contributed by atoms with Crippen molar-refractivity contribution in [3.05, 3.63) is 0 Å². The normalized spacial score (nSPS) is 54.0. The van der Waals surface area contributed by atoms with Gasteiger partial charge in [0, 0.05) is 5.97 Å². The number of carboxylic acid groups (broad SMARTS) is 1. The summed E-state index contributed by atoms with van der Waals surface area (Å²) in [6.45, 7) is 6.44. The lowest BCUT2D eigenvalue weighted by Crippen LogP contribution is -2.64. The van der Waals surface area contributed by atoms with Gasteiger partial charge in [-0.3, -0.25) is 0 Å². The number of carboxylic acids is 1. The molecule has 30 heavy (non-hydrogen) atoms. The van der Waals surface area contributed by atoms with Crippen LogP contribution in [0.15, 0.2) is 0 Å². The third-order valence-corrected chi connectivity index (χ3v) is 10.4. The van der Waals surface area contributed by atoms with Gasteiger partial charge in [-0.15, -0.1) is 0 Å². The van der Waals surface area contributed by atoms with Gasteiger partial charge in [0.2, 0.25) is 0 Å². The van der Waals surface area contributed by atoms with Gasteiger partial charge in [0.05, 0.1) is 24.4 Å². The molecule has 0 aliphatic heterocycles. The Morgan fingerprint density at radius 1 is 1.00 bits per heavy atom. The first-order valence-electron chi connectivity index (χ1n) is 11.9. The Bertz CT molecular complexity index is 668. The molecule has 4 aliphatic carbocycles. The molecular formula is C24H39O6-. The Morgan fingerprint density at radius 3 is 2.37 bits per heavy atom. The molecule has 0 unspecified atom stereocenters. The molecule has 6 heteroatoms. The van der Waals surface area contributed by atoms with Gasteiger partial charge in [0.15, 0.2) is 0 Å². The number of hydrogen-bond donors (Lipinski definition) is 4. The van der Waals surface area contributed by atoms with Crippen molar-refractivity contribution in [3.8, 4) is 0 Å². The number of aliphatic hydroxyl groups excluding tert-OH is 4. The van der Waals surface area contributed by atoms with Crippen LogP contribution < -0.4 is 5.11 Å². The summed E-state index contributed by atoms with van der Waals surface area (Å²) in [5, 5.41) is 54.6. The lowest BCUT2D eigenvalue weighted by atomic mass is 9.42. The highest BCUT2D eigenvalue weighted by atomic mass is 16.4. The first kappa shape index (κ1) is 22.5. The highest BCUT2D eigenvalue weighted by Crippen LogP contribution is 2.68. The molecule has 6 nitrogen and oxygen atoms in total. The van der Waals surface area contributed by atoms with E-state index in [9.17, 15) is 30.3 Å². The quantitative estimate of drug-likeness (QED) is 0.537. The van der Waals surface area contributed by atoms with E-state index in [1.54, 1.807) is 0 Å². The SMILES string of the molecule is C[C@H](CCC(=O)[O-])[C@H]1CC[C@H]2[C@@H]3[C@H](O)C[C@@H]4[C@@H](O)[C@H](O)CC[C@]4(C)[C@H]3C[C@H](O)[C@]12C. The zero-order valence-electron chi connectivity index (χ0n) is 18.5. The largest absolute Gasteiger partial charge is 0.550 e. The van der Waals surface area contributed by atoms with Crippen LogP contribution in [0.5, 0.6) is 0 Å². The highest BCUT2D eigenvalue weighted by Gasteiger charge is 2.66. The fourth-order valence-electron chi connectivity index (χ4n) is 8.74. The summed E-state index contributed by atoms with van der Waals surface area (Å²) in [7, 11) is 0. The lowest BCUT2D eigenvalue weighted by Gasteiger charge is -2.64. The maximum atomic E-state index is 11.5. The summed E-state index contributed by atoms with van der Waals surface area (Å²) in [6, 6.07) is 0. The first-order valence-corrected chi connectivity index (χ1v) is 11.9. The Morgan fingerprint density at radius 2 is 1.70 bits per heavy atom. The first-order chi connectivity index (χ1) is 14.0. The second-order valence-corrected chi connectivity index (χ2v) is 11.5. The van der Waals surface area contributed by atoms with E-state index in [-0.39, 0.29) is 52.8 Å². The second-order valence-electron chi connectivity index (χ2n) is 11.5. The molecule has 4 fully saturated rings. The van der Waals surface area contributed by atoms with Crippen LogP contribution >= 0.6 is 0 Å². The fourth-order valence-corrected chi connectivity index (χ4v) is 8.74. The maximum absolute atomic E-state index is 11.5. The molecule has 0 aromatic rings. The molecule has 12 atom stereocenters. The molecular weight excluding hydrogens is 384 g/mol. The zero-order chi connectivity index (χ0) is 22.0. The molecule has 0 aromatic heterocycles. The minimum atomic E-state index is -1.02. The molecule has 0 heterocycles. The molecule has 4 N–H and O–H groups in total. The van der Waals surface area contributed by atoms with E-state index >= 15 is 0 Å². The maximum Gasteiger partial charge on any atom is 0.0833 e.